The van der Waals surface area contributed by atoms with Crippen LogP contribution in [0, 0.1) is 0 Å². The first kappa shape index (κ1) is 12.7. The summed E-state index contributed by atoms with van der Waals surface area (Å²) in [6.45, 7) is 4.59. The molecule has 1 rings (SSSR count). The number of hydroxylamine groups is 1. The number of hydrogen-bond donors (Lipinski definition) is 1. The summed E-state index contributed by atoms with van der Waals surface area (Å²) in [6, 6.07) is 7.98. The fourth-order valence-corrected chi connectivity index (χ4v) is 1.25. The summed E-state index contributed by atoms with van der Waals surface area (Å²) in [7, 11) is 1.74. The van der Waals surface area contributed by atoms with Gasteiger partial charge in [0.25, 0.3) is 0 Å². The average molecular weight is 221 g/mol. The topological polar surface area (TPSA) is 30.5 Å². The second kappa shape index (κ2) is 7.04. The Balaban J connectivity index is 2.47. The Kier molecular flexibility index (Phi) is 5.61. The summed E-state index contributed by atoms with van der Waals surface area (Å²) in [5.41, 5.74) is 3.75. The van der Waals surface area contributed by atoms with E-state index >= 15 is 0 Å². The van der Waals surface area contributed by atoms with Crippen molar-refractivity contribution >= 4 is 6.08 Å². The van der Waals surface area contributed by atoms with E-state index in [2.05, 4.69) is 5.48 Å². The van der Waals surface area contributed by atoms with Gasteiger partial charge in [-0.15, -0.1) is 0 Å². The lowest BCUT2D eigenvalue weighted by Gasteiger charge is -2.09. The summed E-state index contributed by atoms with van der Waals surface area (Å²) >= 11 is 0. The van der Waals surface area contributed by atoms with Crippen molar-refractivity contribution in [3.8, 4) is 5.75 Å². The highest BCUT2D eigenvalue weighted by Crippen LogP contribution is 2.14. The van der Waals surface area contributed by atoms with Gasteiger partial charge in [0.05, 0.1) is 12.7 Å². The van der Waals surface area contributed by atoms with Crippen molar-refractivity contribution in [3.63, 3.8) is 0 Å². The zero-order valence-electron chi connectivity index (χ0n) is 10.1. The van der Waals surface area contributed by atoms with Crippen molar-refractivity contribution in [1.29, 1.82) is 0 Å². The van der Waals surface area contributed by atoms with Crippen LogP contribution >= 0.6 is 0 Å². The molecule has 0 radical (unpaired) electrons. The second-order valence-electron chi connectivity index (χ2n) is 3.65. The predicted molar refractivity (Wildman–Crippen MR) is 66.3 cm³/mol. The Bertz CT molecular complexity index is 317. The van der Waals surface area contributed by atoms with Crippen LogP contribution < -0.4 is 10.2 Å². The van der Waals surface area contributed by atoms with E-state index in [-0.39, 0.29) is 6.10 Å². The van der Waals surface area contributed by atoms with E-state index in [1.54, 1.807) is 7.05 Å². The molecule has 0 atom stereocenters. The third-order valence-corrected chi connectivity index (χ3v) is 1.89. The molecule has 0 heterocycles. The molecule has 0 saturated heterocycles. The van der Waals surface area contributed by atoms with Gasteiger partial charge in [0.2, 0.25) is 0 Å². The molecule has 1 aromatic carbocycles. The smallest absolute Gasteiger partial charge is 0.119 e. The molecule has 16 heavy (non-hydrogen) atoms. The lowest BCUT2D eigenvalue weighted by molar-refractivity contribution is 0.0814. The van der Waals surface area contributed by atoms with Gasteiger partial charge in [-0.2, -0.15) is 0 Å². The highest BCUT2D eigenvalue weighted by atomic mass is 16.6. The summed E-state index contributed by atoms with van der Waals surface area (Å²) in [5, 5.41) is 0. The van der Waals surface area contributed by atoms with E-state index in [4.69, 9.17) is 9.57 Å². The molecule has 3 nitrogen and oxygen atoms in total. The summed E-state index contributed by atoms with van der Waals surface area (Å²) < 4.78 is 5.55. The van der Waals surface area contributed by atoms with Crippen LogP contribution in [0.3, 0.4) is 0 Å². The van der Waals surface area contributed by atoms with E-state index < -0.39 is 0 Å². The molecule has 0 bridgehead atoms. The standard InChI is InChI=1S/C13H19NO2/c1-11(2)16-13-8-6-12(7-9-13)5-4-10-15-14-3/h4-9,11,14H,10H2,1-3H3/b5-4+. The molecule has 0 spiro atoms. The van der Waals surface area contributed by atoms with Gasteiger partial charge in [0.1, 0.15) is 5.75 Å². The Morgan fingerprint density at radius 1 is 1.25 bits per heavy atom. The van der Waals surface area contributed by atoms with Crippen molar-refractivity contribution in [2.24, 2.45) is 0 Å². The normalized spacial score (nSPS) is 11.2. The van der Waals surface area contributed by atoms with Gasteiger partial charge in [-0.25, -0.2) is 5.48 Å². The molecule has 3 heteroatoms. The van der Waals surface area contributed by atoms with E-state index in [1.165, 1.54) is 0 Å². The lowest BCUT2D eigenvalue weighted by atomic mass is 10.2. The molecule has 0 aliphatic rings. The van der Waals surface area contributed by atoms with E-state index in [1.807, 2.05) is 50.3 Å². The zero-order chi connectivity index (χ0) is 11.8. The first-order chi connectivity index (χ1) is 7.72. The number of nitrogens with one attached hydrogen (secondary N) is 1. The average Bonchev–Trinajstić information content (AvgIpc) is 2.26. The van der Waals surface area contributed by atoms with Crippen LogP contribution in [0.1, 0.15) is 19.4 Å². The molecule has 0 aliphatic heterocycles. The highest BCUT2D eigenvalue weighted by Gasteiger charge is 1.95. The molecule has 0 saturated carbocycles. The predicted octanol–water partition coefficient (Wildman–Crippen LogP) is 2.64. The van der Waals surface area contributed by atoms with Gasteiger partial charge in [-0.1, -0.05) is 24.3 Å². The van der Waals surface area contributed by atoms with Crippen molar-refractivity contribution in [1.82, 2.24) is 5.48 Å². The number of benzene rings is 1. The Morgan fingerprint density at radius 3 is 2.50 bits per heavy atom. The minimum absolute atomic E-state index is 0.213. The van der Waals surface area contributed by atoms with Gasteiger partial charge in [-0.05, 0) is 31.5 Å². The monoisotopic (exact) mass is 221 g/mol. The minimum atomic E-state index is 0.213. The van der Waals surface area contributed by atoms with E-state index in [9.17, 15) is 0 Å². The fraction of sp³-hybridized carbons (Fsp3) is 0.385. The first-order valence-electron chi connectivity index (χ1n) is 5.44. The molecular weight excluding hydrogens is 202 g/mol. The first-order valence-corrected chi connectivity index (χ1v) is 5.44. The fourth-order valence-electron chi connectivity index (χ4n) is 1.25. The summed E-state index contributed by atoms with van der Waals surface area (Å²) in [5.74, 6) is 0.902. The third kappa shape index (κ3) is 4.96. The van der Waals surface area contributed by atoms with Gasteiger partial charge >= 0.3 is 0 Å². The SMILES string of the molecule is CNOC/C=C/c1ccc(OC(C)C)cc1. The summed E-state index contributed by atoms with van der Waals surface area (Å²) in [4.78, 5) is 4.97. The second-order valence-corrected chi connectivity index (χ2v) is 3.65. The van der Waals surface area contributed by atoms with Gasteiger partial charge < -0.3 is 4.74 Å². The van der Waals surface area contributed by atoms with Crippen molar-refractivity contribution in [3.05, 3.63) is 35.9 Å². The largest absolute Gasteiger partial charge is 0.491 e. The van der Waals surface area contributed by atoms with Crippen LogP contribution in [0.2, 0.25) is 0 Å². The molecule has 0 aliphatic carbocycles. The number of rotatable bonds is 6. The maximum absolute atomic E-state index is 5.55. The molecule has 0 fully saturated rings. The molecular formula is C13H19NO2. The quantitative estimate of drug-likeness (QED) is 0.591. The van der Waals surface area contributed by atoms with Crippen molar-refractivity contribution in [2.45, 2.75) is 20.0 Å². The van der Waals surface area contributed by atoms with E-state index in [0.29, 0.717) is 6.61 Å². The van der Waals surface area contributed by atoms with Gasteiger partial charge in [-0.3, -0.25) is 4.84 Å². The van der Waals surface area contributed by atoms with Crippen molar-refractivity contribution in [2.75, 3.05) is 13.7 Å². The maximum atomic E-state index is 5.55. The van der Waals surface area contributed by atoms with Crippen LogP contribution in [-0.4, -0.2) is 19.8 Å². The van der Waals surface area contributed by atoms with Crippen LogP contribution in [0.4, 0.5) is 0 Å². The number of hydrogen-bond acceptors (Lipinski definition) is 3. The molecule has 0 unspecified atom stereocenters. The maximum Gasteiger partial charge on any atom is 0.119 e. The van der Waals surface area contributed by atoms with Crippen LogP contribution in [0.15, 0.2) is 30.3 Å². The molecule has 0 aromatic heterocycles. The Labute approximate surface area is 97.0 Å². The van der Waals surface area contributed by atoms with Crippen LogP contribution in [0.5, 0.6) is 5.75 Å². The highest BCUT2D eigenvalue weighted by molar-refractivity contribution is 5.50. The Hall–Kier alpha value is -1.32. The molecule has 88 valence electrons. The van der Waals surface area contributed by atoms with Gasteiger partial charge in [0, 0.05) is 7.05 Å². The van der Waals surface area contributed by atoms with Crippen LogP contribution in [0.25, 0.3) is 6.08 Å². The zero-order valence-corrected chi connectivity index (χ0v) is 10.1. The number of ether oxygens (including phenoxy) is 1. The van der Waals surface area contributed by atoms with Crippen LogP contribution in [-0.2, 0) is 4.84 Å². The minimum Gasteiger partial charge on any atom is -0.491 e. The van der Waals surface area contributed by atoms with E-state index in [0.717, 1.165) is 11.3 Å². The van der Waals surface area contributed by atoms with Crippen molar-refractivity contribution < 1.29 is 9.57 Å². The Morgan fingerprint density at radius 2 is 1.94 bits per heavy atom. The molecule has 1 aromatic rings. The molecule has 0 amide bonds. The lowest BCUT2D eigenvalue weighted by Crippen LogP contribution is -2.06. The summed E-state index contributed by atoms with van der Waals surface area (Å²) in [6.07, 6.45) is 4.18. The third-order valence-electron chi connectivity index (χ3n) is 1.89. The van der Waals surface area contributed by atoms with Gasteiger partial charge in [0.15, 0.2) is 0 Å². The molecule has 1 N–H and O–H groups in total.